The number of benzene rings is 1. The molecule has 1 aliphatic carbocycles. The van der Waals surface area contributed by atoms with Crippen LogP contribution in [-0.4, -0.2) is 18.2 Å². The second-order valence-electron chi connectivity index (χ2n) is 3.45. The number of carboxylic acids is 1. The number of ether oxygens (including phenoxy) is 1. The van der Waals surface area contributed by atoms with Crippen molar-refractivity contribution in [2.24, 2.45) is 0 Å². The molecule has 15 heavy (non-hydrogen) atoms. The molecule has 1 aliphatic rings. The van der Waals surface area contributed by atoms with E-state index in [2.05, 4.69) is 0 Å². The van der Waals surface area contributed by atoms with Gasteiger partial charge in [-0.1, -0.05) is 18.2 Å². The van der Waals surface area contributed by atoms with E-state index in [0.717, 1.165) is 29.7 Å². The van der Waals surface area contributed by atoms with Gasteiger partial charge in [-0.15, -0.1) is 0 Å². The lowest BCUT2D eigenvalue weighted by atomic mass is 9.90. The molecule has 3 heteroatoms. The van der Waals surface area contributed by atoms with Gasteiger partial charge in [0.25, 0.3) is 0 Å². The van der Waals surface area contributed by atoms with Crippen molar-refractivity contribution in [3.63, 3.8) is 0 Å². The number of methoxy groups -OCH3 is 1. The Hall–Kier alpha value is -1.77. The van der Waals surface area contributed by atoms with E-state index in [1.807, 2.05) is 18.2 Å². The smallest absolute Gasteiger partial charge is 0.335 e. The van der Waals surface area contributed by atoms with Gasteiger partial charge in [0.1, 0.15) is 5.75 Å². The Bertz CT molecular complexity index is 432. The maximum absolute atomic E-state index is 11.0. The largest absolute Gasteiger partial charge is 0.496 e. The summed E-state index contributed by atoms with van der Waals surface area (Å²) in [5, 5.41) is 9.04. The Labute approximate surface area is 88.0 Å². The first-order valence-electron chi connectivity index (χ1n) is 4.83. The van der Waals surface area contributed by atoms with Crippen LogP contribution in [0.15, 0.2) is 24.3 Å². The van der Waals surface area contributed by atoms with Crippen molar-refractivity contribution in [3.8, 4) is 5.75 Å². The molecule has 78 valence electrons. The molecule has 0 saturated heterocycles. The van der Waals surface area contributed by atoms with E-state index in [9.17, 15) is 4.79 Å². The van der Waals surface area contributed by atoms with Gasteiger partial charge in [0.05, 0.1) is 12.7 Å². The Kier molecular flexibility index (Phi) is 2.46. The minimum absolute atomic E-state index is 0.384. The summed E-state index contributed by atoms with van der Waals surface area (Å²) in [6.07, 6.45) is 3.37. The van der Waals surface area contributed by atoms with Crippen molar-refractivity contribution in [2.45, 2.75) is 12.8 Å². The van der Waals surface area contributed by atoms with E-state index in [1.54, 1.807) is 13.2 Å². The number of aliphatic carboxylic acids is 1. The second kappa shape index (κ2) is 3.77. The molecule has 0 unspecified atom stereocenters. The Morgan fingerprint density at radius 2 is 2.27 bits per heavy atom. The average Bonchev–Trinajstić information content (AvgIpc) is 2.27. The lowest BCUT2D eigenvalue weighted by Crippen LogP contribution is -2.08. The van der Waals surface area contributed by atoms with E-state index in [-0.39, 0.29) is 0 Å². The van der Waals surface area contributed by atoms with Crippen molar-refractivity contribution in [3.05, 3.63) is 35.4 Å². The molecule has 1 N–H and O–H groups in total. The molecule has 0 radical (unpaired) electrons. The first-order valence-corrected chi connectivity index (χ1v) is 4.83. The molecule has 0 aromatic heterocycles. The molecule has 2 rings (SSSR count). The summed E-state index contributed by atoms with van der Waals surface area (Å²) in [6, 6.07) is 5.51. The van der Waals surface area contributed by atoms with Crippen molar-refractivity contribution >= 4 is 11.5 Å². The third kappa shape index (κ3) is 1.61. The highest BCUT2D eigenvalue weighted by molar-refractivity contribution is 6.16. The summed E-state index contributed by atoms with van der Waals surface area (Å²) in [5.41, 5.74) is 2.17. The molecular formula is C12H12O3. The lowest BCUT2D eigenvalue weighted by Gasteiger charge is -2.17. The number of fused-ring (bicyclic) bond motifs is 1. The molecule has 0 atom stereocenters. The molecule has 0 bridgehead atoms. The van der Waals surface area contributed by atoms with Gasteiger partial charge in [-0.3, -0.25) is 0 Å². The van der Waals surface area contributed by atoms with Crippen LogP contribution in [0.1, 0.15) is 17.5 Å². The fourth-order valence-corrected chi connectivity index (χ4v) is 1.94. The molecule has 0 amide bonds. The third-order valence-electron chi connectivity index (χ3n) is 2.62. The molecule has 0 spiro atoms. The summed E-state index contributed by atoms with van der Waals surface area (Å²) in [4.78, 5) is 11.0. The van der Waals surface area contributed by atoms with Crippen molar-refractivity contribution in [2.75, 3.05) is 7.11 Å². The zero-order valence-electron chi connectivity index (χ0n) is 8.49. The number of hydrogen-bond acceptors (Lipinski definition) is 2. The second-order valence-corrected chi connectivity index (χ2v) is 3.45. The van der Waals surface area contributed by atoms with E-state index >= 15 is 0 Å². The number of carboxylic acid groups (broad SMARTS) is 1. The number of carbonyl (C=O) groups is 1. The normalized spacial score (nSPS) is 14.1. The highest BCUT2D eigenvalue weighted by atomic mass is 16.5. The van der Waals surface area contributed by atoms with Gasteiger partial charge in [-0.05, 0) is 24.5 Å². The number of allylic oxidation sites excluding steroid dienone is 1. The number of rotatable bonds is 2. The van der Waals surface area contributed by atoms with Crippen molar-refractivity contribution in [1.82, 2.24) is 0 Å². The fourth-order valence-electron chi connectivity index (χ4n) is 1.94. The highest BCUT2D eigenvalue weighted by Crippen LogP contribution is 2.32. The van der Waals surface area contributed by atoms with Crippen LogP contribution in [0.2, 0.25) is 0 Å². The summed E-state index contributed by atoms with van der Waals surface area (Å²) in [6.45, 7) is 0. The van der Waals surface area contributed by atoms with Crippen molar-refractivity contribution in [1.29, 1.82) is 0 Å². The summed E-state index contributed by atoms with van der Waals surface area (Å²) in [5.74, 6) is -0.0939. The van der Waals surface area contributed by atoms with E-state index in [4.69, 9.17) is 9.84 Å². The van der Waals surface area contributed by atoms with Gasteiger partial charge >= 0.3 is 5.97 Å². The standard InChI is InChI=1S/C12H12O3/c1-15-11-7-3-4-8-9(11)5-2-6-10(8)12(13)14/h3-4,6-7H,2,5H2,1H3,(H,13,14). The Balaban J connectivity index is 2.56. The van der Waals surface area contributed by atoms with Crippen LogP contribution in [-0.2, 0) is 11.2 Å². The molecule has 0 heterocycles. The Morgan fingerprint density at radius 1 is 1.47 bits per heavy atom. The minimum atomic E-state index is -0.871. The van der Waals surface area contributed by atoms with Crippen LogP contribution < -0.4 is 4.74 Å². The third-order valence-corrected chi connectivity index (χ3v) is 2.62. The van der Waals surface area contributed by atoms with Gasteiger partial charge in [-0.2, -0.15) is 0 Å². The topological polar surface area (TPSA) is 46.5 Å². The maximum atomic E-state index is 11.0. The van der Waals surface area contributed by atoms with Crippen LogP contribution in [0, 0.1) is 0 Å². The van der Waals surface area contributed by atoms with Crippen LogP contribution in [0.4, 0.5) is 0 Å². The zero-order valence-corrected chi connectivity index (χ0v) is 8.49. The fraction of sp³-hybridized carbons (Fsp3) is 0.250. The van der Waals surface area contributed by atoms with E-state index < -0.39 is 5.97 Å². The first kappa shape index (κ1) is 9.77. The van der Waals surface area contributed by atoms with E-state index in [0.29, 0.717) is 5.57 Å². The quantitative estimate of drug-likeness (QED) is 0.802. The monoisotopic (exact) mass is 204 g/mol. The van der Waals surface area contributed by atoms with Crippen LogP contribution >= 0.6 is 0 Å². The maximum Gasteiger partial charge on any atom is 0.335 e. The molecule has 3 nitrogen and oxygen atoms in total. The lowest BCUT2D eigenvalue weighted by molar-refractivity contribution is -0.130. The summed E-state index contributed by atoms with van der Waals surface area (Å²) < 4.78 is 5.22. The minimum Gasteiger partial charge on any atom is -0.496 e. The van der Waals surface area contributed by atoms with Crippen molar-refractivity contribution < 1.29 is 14.6 Å². The molecule has 0 fully saturated rings. The van der Waals surface area contributed by atoms with Gasteiger partial charge in [0.2, 0.25) is 0 Å². The average molecular weight is 204 g/mol. The zero-order chi connectivity index (χ0) is 10.8. The molecule has 0 saturated carbocycles. The van der Waals surface area contributed by atoms with Gasteiger partial charge < -0.3 is 9.84 Å². The predicted octanol–water partition coefficient (Wildman–Crippen LogP) is 2.11. The summed E-state index contributed by atoms with van der Waals surface area (Å²) >= 11 is 0. The van der Waals surface area contributed by atoms with E-state index in [1.165, 1.54) is 0 Å². The molecule has 1 aromatic carbocycles. The predicted molar refractivity (Wildman–Crippen MR) is 56.9 cm³/mol. The van der Waals surface area contributed by atoms with Gasteiger partial charge in [0, 0.05) is 5.56 Å². The van der Waals surface area contributed by atoms with Crippen LogP contribution in [0.3, 0.4) is 0 Å². The molecule has 0 aliphatic heterocycles. The first-order chi connectivity index (χ1) is 7.24. The van der Waals surface area contributed by atoms with Gasteiger partial charge in [0.15, 0.2) is 0 Å². The van der Waals surface area contributed by atoms with Gasteiger partial charge in [-0.25, -0.2) is 4.79 Å². The highest BCUT2D eigenvalue weighted by Gasteiger charge is 2.20. The van der Waals surface area contributed by atoms with Crippen LogP contribution in [0.25, 0.3) is 5.57 Å². The summed E-state index contributed by atoms with van der Waals surface area (Å²) in [7, 11) is 1.61. The van der Waals surface area contributed by atoms with Crippen LogP contribution in [0.5, 0.6) is 5.75 Å². The molecule has 1 aromatic rings. The molecular weight excluding hydrogens is 192 g/mol. The Morgan fingerprint density at radius 3 is 2.93 bits per heavy atom. The SMILES string of the molecule is COc1cccc2c1CCC=C2C(=O)O. The number of hydrogen-bond donors (Lipinski definition) is 1.